The highest BCUT2D eigenvalue weighted by atomic mass is 16.5. The van der Waals surface area contributed by atoms with Crippen molar-refractivity contribution in [3.05, 3.63) is 59.7 Å². The van der Waals surface area contributed by atoms with E-state index in [0.717, 1.165) is 11.1 Å². The van der Waals surface area contributed by atoms with Crippen molar-refractivity contribution in [2.24, 2.45) is 11.3 Å². The van der Waals surface area contributed by atoms with Crippen molar-refractivity contribution in [2.45, 2.75) is 51.5 Å². The number of hydrogen-bond donors (Lipinski definition) is 3. The molecule has 7 heteroatoms. The predicted octanol–water partition coefficient (Wildman–Crippen LogP) is 4.31. The molecule has 7 nitrogen and oxygen atoms in total. The van der Waals surface area contributed by atoms with Crippen molar-refractivity contribution >= 4 is 18.0 Å². The summed E-state index contributed by atoms with van der Waals surface area (Å²) in [6.45, 7) is 3.77. The Bertz CT molecular complexity index is 1040. The second-order valence-corrected chi connectivity index (χ2v) is 9.61. The Morgan fingerprint density at radius 2 is 1.65 bits per heavy atom. The van der Waals surface area contributed by atoms with E-state index in [9.17, 15) is 19.5 Å². The lowest BCUT2D eigenvalue weighted by Crippen LogP contribution is -2.42. The monoisotopic (exact) mass is 464 g/mol. The highest BCUT2D eigenvalue weighted by Gasteiger charge is 2.35. The fourth-order valence-corrected chi connectivity index (χ4v) is 4.94. The number of fused-ring (bicyclic) bond motifs is 3. The Labute approximate surface area is 199 Å². The van der Waals surface area contributed by atoms with Crippen LogP contribution in [-0.4, -0.2) is 42.3 Å². The minimum absolute atomic E-state index is 0.00219. The van der Waals surface area contributed by atoms with Crippen molar-refractivity contribution in [1.29, 1.82) is 0 Å². The summed E-state index contributed by atoms with van der Waals surface area (Å²) < 4.78 is 5.61. The summed E-state index contributed by atoms with van der Waals surface area (Å²) in [4.78, 5) is 36.5. The number of ether oxygens (including phenoxy) is 1. The SMILES string of the molecule is CCC(C)(CNC(=O)[C@H]1CC[C@@H](NC(=O)OCC2c3ccccc3-c3ccccc32)C1)C(=O)O. The first-order valence-electron chi connectivity index (χ1n) is 11.9. The summed E-state index contributed by atoms with van der Waals surface area (Å²) in [5, 5.41) is 15.1. The fourth-order valence-electron chi connectivity index (χ4n) is 4.94. The lowest BCUT2D eigenvalue weighted by molar-refractivity contribution is -0.148. The Hall–Kier alpha value is -3.35. The molecule has 0 aliphatic heterocycles. The second-order valence-electron chi connectivity index (χ2n) is 9.61. The predicted molar refractivity (Wildman–Crippen MR) is 128 cm³/mol. The molecule has 2 aliphatic rings. The topological polar surface area (TPSA) is 105 Å². The summed E-state index contributed by atoms with van der Waals surface area (Å²) in [6.07, 6.45) is 1.81. The van der Waals surface area contributed by atoms with E-state index in [-0.39, 0.29) is 36.9 Å². The van der Waals surface area contributed by atoms with Gasteiger partial charge in [0, 0.05) is 24.4 Å². The van der Waals surface area contributed by atoms with E-state index in [0.29, 0.717) is 25.7 Å². The van der Waals surface area contributed by atoms with Crippen molar-refractivity contribution < 1.29 is 24.2 Å². The number of carbonyl (C=O) groups is 3. The molecule has 0 radical (unpaired) electrons. The van der Waals surface area contributed by atoms with E-state index in [1.54, 1.807) is 13.8 Å². The van der Waals surface area contributed by atoms with Crippen LogP contribution in [0.5, 0.6) is 0 Å². The van der Waals surface area contributed by atoms with E-state index < -0.39 is 17.5 Å². The maximum Gasteiger partial charge on any atom is 0.407 e. The van der Waals surface area contributed by atoms with E-state index in [1.807, 2.05) is 24.3 Å². The Morgan fingerprint density at radius 1 is 1.03 bits per heavy atom. The first-order chi connectivity index (χ1) is 16.3. The molecule has 0 heterocycles. The molecule has 34 heavy (non-hydrogen) atoms. The molecule has 0 spiro atoms. The molecular formula is C27H32N2O5. The molecule has 0 saturated heterocycles. The number of carboxylic acids is 1. The molecule has 1 saturated carbocycles. The third-order valence-corrected chi connectivity index (χ3v) is 7.42. The summed E-state index contributed by atoms with van der Waals surface area (Å²) in [5.41, 5.74) is 3.70. The van der Waals surface area contributed by atoms with Crippen LogP contribution in [0.3, 0.4) is 0 Å². The highest BCUT2D eigenvalue weighted by molar-refractivity contribution is 5.81. The molecule has 2 aromatic rings. The molecule has 1 fully saturated rings. The van der Waals surface area contributed by atoms with Crippen LogP contribution >= 0.6 is 0 Å². The van der Waals surface area contributed by atoms with Gasteiger partial charge in [0.25, 0.3) is 0 Å². The van der Waals surface area contributed by atoms with E-state index in [4.69, 9.17) is 4.74 Å². The zero-order valence-electron chi connectivity index (χ0n) is 19.7. The Balaban J connectivity index is 1.27. The van der Waals surface area contributed by atoms with Gasteiger partial charge in [0.2, 0.25) is 5.91 Å². The van der Waals surface area contributed by atoms with Gasteiger partial charge in [0.15, 0.2) is 0 Å². The first kappa shape index (κ1) is 23.8. The number of amides is 2. The molecule has 4 rings (SSSR count). The lowest BCUT2D eigenvalue weighted by atomic mass is 9.87. The van der Waals surface area contributed by atoms with Gasteiger partial charge in [-0.15, -0.1) is 0 Å². The molecule has 2 amide bonds. The standard InChI is InChI=1S/C27H32N2O5/c1-3-27(2,25(31)32)16-28-24(30)17-12-13-18(14-17)29-26(33)34-15-23-21-10-6-4-8-19(21)20-9-5-7-11-22(20)23/h4-11,17-18,23H,3,12-16H2,1-2H3,(H,28,30)(H,29,33)(H,31,32)/t17-,18+,27?/m0/s1. The molecule has 1 unspecified atom stereocenters. The molecule has 2 aromatic carbocycles. The van der Waals surface area contributed by atoms with Gasteiger partial charge in [-0.3, -0.25) is 9.59 Å². The van der Waals surface area contributed by atoms with Crippen molar-refractivity contribution in [3.63, 3.8) is 0 Å². The van der Waals surface area contributed by atoms with Crippen LogP contribution < -0.4 is 10.6 Å². The van der Waals surface area contributed by atoms with Gasteiger partial charge in [-0.2, -0.15) is 0 Å². The minimum atomic E-state index is -0.979. The summed E-state index contributed by atoms with van der Waals surface area (Å²) in [6, 6.07) is 16.2. The Morgan fingerprint density at radius 3 is 2.24 bits per heavy atom. The lowest BCUT2D eigenvalue weighted by Gasteiger charge is -2.24. The van der Waals surface area contributed by atoms with E-state index in [2.05, 4.69) is 34.9 Å². The van der Waals surface area contributed by atoms with Crippen LogP contribution in [0.25, 0.3) is 11.1 Å². The number of aliphatic carboxylic acids is 1. The maximum absolute atomic E-state index is 12.5. The molecule has 0 aromatic heterocycles. The van der Waals surface area contributed by atoms with Gasteiger partial charge >= 0.3 is 12.1 Å². The number of carbonyl (C=O) groups excluding carboxylic acids is 2. The number of benzene rings is 2. The smallest absolute Gasteiger partial charge is 0.407 e. The molecule has 180 valence electrons. The Kier molecular flexibility index (Phi) is 6.91. The van der Waals surface area contributed by atoms with Gasteiger partial charge < -0.3 is 20.5 Å². The zero-order chi connectivity index (χ0) is 24.3. The molecular weight excluding hydrogens is 432 g/mol. The van der Waals surface area contributed by atoms with Crippen LogP contribution in [0.1, 0.15) is 56.6 Å². The summed E-state index contributed by atoms with van der Waals surface area (Å²) in [7, 11) is 0. The molecule has 3 atom stereocenters. The highest BCUT2D eigenvalue weighted by Crippen LogP contribution is 2.44. The molecule has 2 aliphatic carbocycles. The van der Waals surface area contributed by atoms with Crippen molar-refractivity contribution in [1.82, 2.24) is 10.6 Å². The minimum Gasteiger partial charge on any atom is -0.481 e. The first-order valence-corrected chi connectivity index (χ1v) is 11.9. The third-order valence-electron chi connectivity index (χ3n) is 7.42. The quantitative estimate of drug-likeness (QED) is 0.540. The van der Waals surface area contributed by atoms with Crippen molar-refractivity contribution in [3.8, 4) is 11.1 Å². The average Bonchev–Trinajstić information content (AvgIpc) is 3.43. The van der Waals surface area contributed by atoms with Crippen LogP contribution in [0, 0.1) is 11.3 Å². The van der Waals surface area contributed by atoms with Gasteiger partial charge in [-0.1, -0.05) is 55.5 Å². The summed E-state index contributed by atoms with van der Waals surface area (Å²) in [5.74, 6) is -1.31. The van der Waals surface area contributed by atoms with Crippen LogP contribution in [-0.2, 0) is 14.3 Å². The van der Waals surface area contributed by atoms with Gasteiger partial charge in [0.05, 0.1) is 5.41 Å². The van der Waals surface area contributed by atoms with Gasteiger partial charge in [0.1, 0.15) is 6.61 Å². The normalized spacial score (nSPS) is 20.6. The molecule has 3 N–H and O–H groups in total. The van der Waals surface area contributed by atoms with Gasteiger partial charge in [-0.05, 0) is 54.9 Å². The summed E-state index contributed by atoms with van der Waals surface area (Å²) >= 11 is 0. The maximum atomic E-state index is 12.5. The van der Waals surface area contributed by atoms with Crippen molar-refractivity contribution in [2.75, 3.05) is 13.2 Å². The van der Waals surface area contributed by atoms with E-state index in [1.165, 1.54) is 11.1 Å². The number of rotatable bonds is 8. The van der Waals surface area contributed by atoms with Gasteiger partial charge in [-0.25, -0.2) is 4.79 Å². The van der Waals surface area contributed by atoms with E-state index >= 15 is 0 Å². The van der Waals surface area contributed by atoms with Crippen LogP contribution in [0.4, 0.5) is 4.79 Å². The van der Waals surface area contributed by atoms with Crippen LogP contribution in [0.15, 0.2) is 48.5 Å². The largest absolute Gasteiger partial charge is 0.481 e. The average molecular weight is 465 g/mol. The molecule has 0 bridgehead atoms. The van der Waals surface area contributed by atoms with Crippen LogP contribution in [0.2, 0.25) is 0 Å². The fraction of sp³-hybridized carbons (Fsp3) is 0.444. The number of alkyl carbamates (subject to hydrolysis) is 1. The number of carboxylic acid groups (broad SMARTS) is 1. The second kappa shape index (κ2) is 9.87. The zero-order valence-corrected chi connectivity index (χ0v) is 19.7. The number of nitrogens with one attached hydrogen (secondary N) is 2. The number of hydrogen-bond acceptors (Lipinski definition) is 4. The third kappa shape index (κ3) is 4.79.